The lowest BCUT2D eigenvalue weighted by molar-refractivity contribution is 0.414. The molecule has 4 nitrogen and oxygen atoms in total. The van der Waals surface area contributed by atoms with Gasteiger partial charge in [0.1, 0.15) is 11.6 Å². The molecule has 0 atom stereocenters. The average molecular weight is 436 g/mol. The van der Waals surface area contributed by atoms with Crippen molar-refractivity contribution in [3.05, 3.63) is 35.6 Å². The van der Waals surface area contributed by atoms with E-state index in [1.165, 1.54) is 0 Å². The number of rotatable bonds is 2. The first-order chi connectivity index (χ1) is 10.6. The minimum atomic E-state index is -1.87. The Morgan fingerprint density at radius 1 is 1.00 bits per heavy atom. The smallest absolute Gasteiger partial charge is 0.250 e. The van der Waals surface area contributed by atoms with Crippen LogP contribution in [0.3, 0.4) is 0 Å². The normalized spacial score (nSPS) is 17.4. The minimum Gasteiger partial charge on any atom is -0.496 e. The maximum absolute atomic E-state index is 5.86. The van der Waals surface area contributed by atoms with Crippen molar-refractivity contribution in [3.8, 4) is 5.75 Å². The highest BCUT2D eigenvalue weighted by molar-refractivity contribution is 6.79. The Hall–Kier alpha value is -0.360. The van der Waals surface area contributed by atoms with Gasteiger partial charge < -0.3 is 10.1 Å². The number of para-hydroxylation sites is 1. The molecule has 23 heavy (non-hydrogen) atoms. The molecule has 0 saturated heterocycles. The van der Waals surface area contributed by atoms with Gasteiger partial charge in [-0.15, -0.1) is 0 Å². The van der Waals surface area contributed by atoms with E-state index in [0.29, 0.717) is 5.75 Å². The van der Waals surface area contributed by atoms with Crippen molar-refractivity contribution in [1.82, 2.24) is 5.32 Å². The number of aliphatic imine (C=N–C) groups is 2. The first-order valence-corrected chi connectivity index (χ1v) is 8.31. The van der Waals surface area contributed by atoms with Crippen LogP contribution in [0, 0.1) is 0 Å². The van der Waals surface area contributed by atoms with Crippen LogP contribution in [0.15, 0.2) is 40.1 Å². The van der Waals surface area contributed by atoms with E-state index in [4.69, 9.17) is 74.3 Å². The van der Waals surface area contributed by atoms with E-state index in [9.17, 15) is 0 Å². The van der Waals surface area contributed by atoms with Crippen LogP contribution in [-0.4, -0.2) is 26.4 Å². The van der Waals surface area contributed by atoms with Crippen molar-refractivity contribution in [2.24, 2.45) is 9.98 Å². The Balaban J connectivity index is 2.49. The fourth-order valence-electron chi connectivity index (χ4n) is 1.68. The van der Waals surface area contributed by atoms with Gasteiger partial charge in [0, 0.05) is 5.56 Å². The fourth-order valence-corrected chi connectivity index (χ4v) is 2.21. The number of ether oxygens (including phenoxy) is 1. The lowest BCUT2D eigenvalue weighted by Crippen LogP contribution is -2.39. The highest BCUT2D eigenvalue weighted by atomic mass is 35.6. The van der Waals surface area contributed by atoms with Gasteiger partial charge in [-0.05, 0) is 12.1 Å². The third-order valence-electron chi connectivity index (χ3n) is 2.64. The SMILES string of the molecule is COc1ccccc1/C=C1/N=C(C(Cl)(Cl)Cl)N=C(C(Cl)(Cl)Cl)N1. The van der Waals surface area contributed by atoms with Crippen molar-refractivity contribution in [1.29, 1.82) is 0 Å². The summed E-state index contributed by atoms with van der Waals surface area (Å²) in [5.41, 5.74) is 0.732. The highest BCUT2D eigenvalue weighted by Gasteiger charge is 2.36. The molecule has 0 fully saturated rings. The van der Waals surface area contributed by atoms with Crippen molar-refractivity contribution in [2.45, 2.75) is 7.59 Å². The lowest BCUT2D eigenvalue weighted by atomic mass is 10.2. The van der Waals surface area contributed by atoms with E-state index >= 15 is 0 Å². The summed E-state index contributed by atoms with van der Waals surface area (Å²) >= 11 is 35.1. The summed E-state index contributed by atoms with van der Waals surface area (Å²) in [6.07, 6.45) is 1.65. The second kappa shape index (κ2) is 7.26. The summed E-state index contributed by atoms with van der Waals surface area (Å²) in [5, 5.41) is 2.79. The number of nitrogens with one attached hydrogen (secondary N) is 1. The molecule has 10 heteroatoms. The number of halogens is 6. The van der Waals surface area contributed by atoms with Gasteiger partial charge in [0.2, 0.25) is 7.59 Å². The van der Waals surface area contributed by atoms with Gasteiger partial charge in [-0.1, -0.05) is 87.8 Å². The second-order valence-corrected chi connectivity index (χ2v) is 8.85. The molecule has 1 aromatic rings. The number of amidine groups is 2. The van der Waals surface area contributed by atoms with Crippen LogP contribution in [0.5, 0.6) is 5.75 Å². The second-order valence-electron chi connectivity index (χ2n) is 4.29. The Morgan fingerprint density at radius 3 is 2.22 bits per heavy atom. The molecular weight excluding hydrogens is 427 g/mol. The first-order valence-electron chi connectivity index (χ1n) is 6.05. The molecule has 0 aromatic heterocycles. The quantitative estimate of drug-likeness (QED) is 0.654. The molecule has 0 amide bonds. The third-order valence-corrected chi connectivity index (χ3v) is 3.69. The van der Waals surface area contributed by atoms with E-state index in [1.807, 2.05) is 18.2 Å². The summed E-state index contributed by atoms with van der Waals surface area (Å²) in [6, 6.07) is 7.28. The minimum absolute atomic E-state index is 0.0278. The number of hydrogen-bond acceptors (Lipinski definition) is 4. The van der Waals surface area contributed by atoms with Gasteiger partial charge in [-0.25, -0.2) is 9.98 Å². The van der Waals surface area contributed by atoms with E-state index in [0.717, 1.165) is 5.56 Å². The van der Waals surface area contributed by atoms with Crippen LogP contribution in [0.4, 0.5) is 0 Å². The van der Waals surface area contributed by atoms with E-state index in [-0.39, 0.29) is 17.5 Å². The van der Waals surface area contributed by atoms with Crippen LogP contribution >= 0.6 is 69.6 Å². The fraction of sp³-hybridized carbons (Fsp3) is 0.231. The summed E-state index contributed by atoms with van der Waals surface area (Å²) in [6.45, 7) is 0. The van der Waals surface area contributed by atoms with Crippen LogP contribution in [0.1, 0.15) is 5.56 Å². The third kappa shape index (κ3) is 5.05. The number of benzene rings is 1. The molecule has 1 heterocycles. The standard InChI is InChI=1S/C13H9Cl6N3O/c1-23-8-5-3-2-4-7(8)6-9-20-10(12(14,15)16)22-11(21-9)13(17,18)19/h2-6H,1H3,(H,20,21,22). The summed E-state index contributed by atoms with van der Waals surface area (Å²) < 4.78 is 1.56. The Kier molecular flexibility index (Phi) is 5.99. The summed E-state index contributed by atoms with van der Waals surface area (Å²) in [5.74, 6) is 0.765. The largest absolute Gasteiger partial charge is 0.496 e. The molecule has 1 aliphatic heterocycles. The predicted octanol–water partition coefficient (Wildman–Crippen LogP) is 5.13. The maximum atomic E-state index is 5.86. The van der Waals surface area contributed by atoms with Gasteiger partial charge in [0.05, 0.1) is 7.11 Å². The van der Waals surface area contributed by atoms with E-state index < -0.39 is 7.59 Å². The lowest BCUT2D eigenvalue weighted by Gasteiger charge is -2.23. The van der Waals surface area contributed by atoms with Crippen LogP contribution in [-0.2, 0) is 0 Å². The molecule has 0 radical (unpaired) electrons. The molecule has 0 unspecified atom stereocenters. The summed E-state index contributed by atoms with van der Waals surface area (Å²) in [7, 11) is 1.55. The molecule has 0 spiro atoms. The zero-order valence-corrected chi connectivity index (χ0v) is 16.0. The maximum Gasteiger partial charge on any atom is 0.250 e. The molecule has 0 saturated carbocycles. The van der Waals surface area contributed by atoms with Crippen LogP contribution in [0.2, 0.25) is 0 Å². The van der Waals surface area contributed by atoms with Gasteiger partial charge in [0.25, 0.3) is 0 Å². The van der Waals surface area contributed by atoms with E-state index in [1.54, 1.807) is 19.3 Å². The number of nitrogens with zero attached hydrogens (tertiary/aromatic N) is 2. The van der Waals surface area contributed by atoms with Crippen molar-refractivity contribution < 1.29 is 4.74 Å². The first kappa shape index (κ1) is 19.0. The van der Waals surface area contributed by atoms with Crippen molar-refractivity contribution >= 4 is 87.4 Å². The summed E-state index contributed by atoms with van der Waals surface area (Å²) in [4.78, 5) is 8.09. The number of hydrogen-bond donors (Lipinski definition) is 1. The van der Waals surface area contributed by atoms with Crippen molar-refractivity contribution in [3.63, 3.8) is 0 Å². The monoisotopic (exact) mass is 433 g/mol. The Labute approximate surface area is 163 Å². The molecule has 0 aliphatic carbocycles. The number of alkyl halides is 6. The molecule has 124 valence electrons. The molecule has 1 aliphatic rings. The van der Waals surface area contributed by atoms with Gasteiger partial charge in [0.15, 0.2) is 11.7 Å². The van der Waals surface area contributed by atoms with Gasteiger partial charge in [-0.3, -0.25) is 0 Å². The highest BCUT2D eigenvalue weighted by Crippen LogP contribution is 2.34. The molecule has 0 bridgehead atoms. The molecule has 1 N–H and O–H groups in total. The van der Waals surface area contributed by atoms with Crippen LogP contribution < -0.4 is 10.1 Å². The Bertz CT molecular complexity index is 688. The van der Waals surface area contributed by atoms with Crippen LogP contribution in [0.25, 0.3) is 6.08 Å². The van der Waals surface area contributed by atoms with Gasteiger partial charge >= 0.3 is 0 Å². The van der Waals surface area contributed by atoms with Gasteiger partial charge in [-0.2, -0.15) is 0 Å². The average Bonchev–Trinajstić information content (AvgIpc) is 2.45. The topological polar surface area (TPSA) is 46.0 Å². The van der Waals surface area contributed by atoms with E-state index in [2.05, 4.69) is 15.3 Å². The molecular formula is C13H9Cl6N3O. The zero-order valence-electron chi connectivity index (χ0n) is 11.5. The zero-order chi connectivity index (χ0) is 17.3. The Morgan fingerprint density at radius 2 is 1.65 bits per heavy atom. The molecule has 2 rings (SSSR count). The number of methoxy groups -OCH3 is 1. The predicted molar refractivity (Wildman–Crippen MR) is 99.6 cm³/mol. The van der Waals surface area contributed by atoms with Crippen molar-refractivity contribution in [2.75, 3.05) is 7.11 Å². The molecule has 1 aromatic carbocycles.